The lowest BCUT2D eigenvalue weighted by atomic mass is 10.3. The Hall–Kier alpha value is -1.94. The number of carbonyl (C=O) groups is 1. The Labute approximate surface area is 166 Å². The number of para-hydroxylation sites is 1. The van der Waals surface area contributed by atoms with Gasteiger partial charge in [-0.25, -0.2) is 18.1 Å². The van der Waals surface area contributed by atoms with Crippen molar-refractivity contribution in [1.29, 1.82) is 0 Å². The highest BCUT2D eigenvalue weighted by Gasteiger charge is 2.13. The zero-order valence-electron chi connectivity index (χ0n) is 14.6. The molecule has 0 aliphatic carbocycles. The van der Waals surface area contributed by atoms with Crippen LogP contribution in [0.15, 0.2) is 57.8 Å². The molecule has 9 heteroatoms. The summed E-state index contributed by atoms with van der Waals surface area (Å²) in [7, 11) is -3.50. The summed E-state index contributed by atoms with van der Waals surface area (Å²) < 4.78 is 28.5. The van der Waals surface area contributed by atoms with Crippen LogP contribution in [0.1, 0.15) is 13.3 Å². The second-order valence-corrected chi connectivity index (χ2v) is 9.73. The number of nitrogens with one attached hydrogen (secondary N) is 2. The van der Waals surface area contributed by atoms with Gasteiger partial charge in [-0.05, 0) is 42.8 Å². The van der Waals surface area contributed by atoms with Crippen LogP contribution >= 0.6 is 23.1 Å². The molecule has 0 atom stereocenters. The van der Waals surface area contributed by atoms with Crippen molar-refractivity contribution in [2.45, 2.75) is 22.6 Å². The fourth-order valence-corrected chi connectivity index (χ4v) is 5.28. The highest BCUT2D eigenvalue weighted by Crippen LogP contribution is 2.29. The van der Waals surface area contributed by atoms with Crippen LogP contribution in [-0.2, 0) is 14.8 Å². The summed E-state index contributed by atoms with van der Waals surface area (Å²) in [6.07, 6.45) is 0.722. The van der Waals surface area contributed by atoms with E-state index in [2.05, 4.69) is 15.0 Å². The average Bonchev–Trinajstić information content (AvgIpc) is 3.08. The maximum Gasteiger partial charge on any atom is 0.240 e. The van der Waals surface area contributed by atoms with Crippen LogP contribution < -0.4 is 10.0 Å². The first kappa shape index (κ1) is 19.8. The number of rotatable bonds is 8. The van der Waals surface area contributed by atoms with Gasteiger partial charge in [0.05, 0.1) is 20.9 Å². The van der Waals surface area contributed by atoms with E-state index in [1.165, 1.54) is 23.9 Å². The third-order valence-electron chi connectivity index (χ3n) is 3.59. The Morgan fingerprint density at radius 2 is 1.89 bits per heavy atom. The summed E-state index contributed by atoms with van der Waals surface area (Å²) in [6.45, 7) is 2.29. The van der Waals surface area contributed by atoms with Crippen molar-refractivity contribution in [3.8, 4) is 0 Å². The molecule has 0 radical (unpaired) electrons. The minimum atomic E-state index is -3.50. The van der Waals surface area contributed by atoms with Gasteiger partial charge in [-0.3, -0.25) is 4.79 Å². The molecular formula is C18H19N3O3S3. The van der Waals surface area contributed by atoms with Crippen LogP contribution in [0.3, 0.4) is 0 Å². The molecule has 3 aromatic rings. The first-order valence-electron chi connectivity index (χ1n) is 8.36. The Morgan fingerprint density at radius 3 is 2.59 bits per heavy atom. The van der Waals surface area contributed by atoms with Crippen LogP contribution in [-0.4, -0.2) is 31.6 Å². The van der Waals surface area contributed by atoms with E-state index < -0.39 is 10.0 Å². The number of hydrogen-bond donors (Lipinski definition) is 2. The Morgan fingerprint density at radius 1 is 1.15 bits per heavy atom. The topological polar surface area (TPSA) is 88.2 Å². The van der Waals surface area contributed by atoms with Gasteiger partial charge in [-0.15, -0.1) is 11.3 Å². The van der Waals surface area contributed by atoms with Gasteiger partial charge in [0, 0.05) is 12.2 Å². The average molecular weight is 422 g/mol. The molecule has 3 rings (SSSR count). The van der Waals surface area contributed by atoms with Crippen molar-refractivity contribution in [2.24, 2.45) is 0 Å². The second kappa shape index (κ2) is 8.83. The molecule has 0 unspecified atom stereocenters. The minimum Gasteiger partial charge on any atom is -0.325 e. The summed E-state index contributed by atoms with van der Waals surface area (Å²) in [5, 5.41) is 2.77. The maximum absolute atomic E-state index is 12.1. The number of anilines is 1. The predicted octanol–water partition coefficient (Wildman–Crippen LogP) is 3.72. The Kier molecular flexibility index (Phi) is 6.48. The largest absolute Gasteiger partial charge is 0.325 e. The molecule has 0 bridgehead atoms. The van der Waals surface area contributed by atoms with Gasteiger partial charge in [-0.2, -0.15) is 0 Å². The summed E-state index contributed by atoms with van der Waals surface area (Å²) in [5.74, 6) is 0.0664. The number of aromatic nitrogens is 1. The standard InChI is InChI=1S/C18H19N3O3S3/c1-2-11-19-27(23,24)14-9-7-13(8-10-14)20-17(22)12-25-18-21-15-5-3-4-6-16(15)26-18/h3-10,19H,2,11-12H2,1H3,(H,20,22). The third kappa shape index (κ3) is 5.29. The number of thiazole rings is 1. The summed E-state index contributed by atoms with van der Waals surface area (Å²) in [5.41, 5.74) is 1.48. The maximum atomic E-state index is 12.1. The molecule has 0 fully saturated rings. The van der Waals surface area contributed by atoms with Crippen molar-refractivity contribution in [3.05, 3.63) is 48.5 Å². The molecule has 0 saturated carbocycles. The number of hydrogen-bond acceptors (Lipinski definition) is 6. The number of sulfonamides is 1. The number of carbonyl (C=O) groups excluding carboxylic acids is 1. The molecular weight excluding hydrogens is 402 g/mol. The van der Waals surface area contributed by atoms with Gasteiger partial charge in [0.2, 0.25) is 15.9 Å². The fraction of sp³-hybridized carbons (Fsp3) is 0.222. The first-order valence-corrected chi connectivity index (χ1v) is 11.6. The normalized spacial score (nSPS) is 11.6. The lowest BCUT2D eigenvalue weighted by Crippen LogP contribution is -2.24. The van der Waals surface area contributed by atoms with Gasteiger partial charge >= 0.3 is 0 Å². The third-order valence-corrected chi connectivity index (χ3v) is 7.25. The Balaban J connectivity index is 1.56. The van der Waals surface area contributed by atoms with Crippen LogP contribution in [0.5, 0.6) is 0 Å². The van der Waals surface area contributed by atoms with Gasteiger partial charge in [0.1, 0.15) is 0 Å². The second-order valence-electron chi connectivity index (χ2n) is 5.71. The van der Waals surface area contributed by atoms with Gasteiger partial charge < -0.3 is 5.32 Å². The van der Waals surface area contributed by atoms with Gasteiger partial charge in [0.15, 0.2) is 4.34 Å². The molecule has 0 aliphatic heterocycles. The molecule has 27 heavy (non-hydrogen) atoms. The number of benzene rings is 2. The zero-order valence-corrected chi connectivity index (χ0v) is 17.1. The van der Waals surface area contributed by atoms with E-state index in [0.717, 1.165) is 21.0 Å². The van der Waals surface area contributed by atoms with E-state index in [-0.39, 0.29) is 16.6 Å². The fourth-order valence-electron chi connectivity index (χ4n) is 2.27. The van der Waals surface area contributed by atoms with E-state index >= 15 is 0 Å². The first-order chi connectivity index (χ1) is 13.0. The van der Waals surface area contributed by atoms with Crippen LogP contribution in [0.25, 0.3) is 10.2 Å². The molecule has 1 amide bonds. The van der Waals surface area contributed by atoms with E-state index in [0.29, 0.717) is 12.2 Å². The monoisotopic (exact) mass is 421 g/mol. The smallest absolute Gasteiger partial charge is 0.240 e. The molecule has 0 saturated heterocycles. The van der Waals surface area contributed by atoms with Crippen LogP contribution in [0.4, 0.5) is 5.69 Å². The van der Waals surface area contributed by atoms with Crippen molar-refractivity contribution in [2.75, 3.05) is 17.6 Å². The molecule has 142 valence electrons. The lowest BCUT2D eigenvalue weighted by molar-refractivity contribution is -0.113. The molecule has 2 aromatic carbocycles. The van der Waals surface area contributed by atoms with Crippen molar-refractivity contribution in [1.82, 2.24) is 9.71 Å². The summed E-state index contributed by atoms with van der Waals surface area (Å²) in [4.78, 5) is 16.8. The lowest BCUT2D eigenvalue weighted by Gasteiger charge is -2.08. The van der Waals surface area contributed by atoms with Gasteiger partial charge in [-0.1, -0.05) is 30.8 Å². The quantitative estimate of drug-likeness (QED) is 0.541. The molecule has 6 nitrogen and oxygen atoms in total. The predicted molar refractivity (Wildman–Crippen MR) is 111 cm³/mol. The summed E-state index contributed by atoms with van der Waals surface area (Å²) in [6, 6.07) is 14.0. The Bertz CT molecular complexity index is 998. The zero-order chi connectivity index (χ0) is 19.3. The molecule has 0 aliphatic rings. The SMILES string of the molecule is CCCNS(=O)(=O)c1ccc(NC(=O)CSc2nc3ccccc3s2)cc1. The molecule has 0 spiro atoms. The van der Waals surface area contributed by atoms with E-state index in [9.17, 15) is 13.2 Å². The number of fused-ring (bicyclic) bond motifs is 1. The van der Waals surface area contributed by atoms with Crippen molar-refractivity contribution >= 4 is 54.9 Å². The summed E-state index contributed by atoms with van der Waals surface area (Å²) >= 11 is 2.93. The highest BCUT2D eigenvalue weighted by atomic mass is 32.2. The van der Waals surface area contributed by atoms with Crippen molar-refractivity contribution in [3.63, 3.8) is 0 Å². The van der Waals surface area contributed by atoms with Crippen LogP contribution in [0, 0.1) is 0 Å². The minimum absolute atomic E-state index is 0.168. The number of amides is 1. The number of thioether (sulfide) groups is 1. The van der Waals surface area contributed by atoms with Crippen LogP contribution in [0.2, 0.25) is 0 Å². The van der Waals surface area contributed by atoms with Gasteiger partial charge in [0.25, 0.3) is 0 Å². The molecule has 1 aromatic heterocycles. The number of nitrogens with zero attached hydrogens (tertiary/aromatic N) is 1. The molecule has 1 heterocycles. The van der Waals surface area contributed by atoms with E-state index in [4.69, 9.17) is 0 Å². The highest BCUT2D eigenvalue weighted by molar-refractivity contribution is 8.01. The van der Waals surface area contributed by atoms with E-state index in [1.54, 1.807) is 23.5 Å². The molecule has 2 N–H and O–H groups in total. The van der Waals surface area contributed by atoms with E-state index in [1.807, 2.05) is 31.2 Å². The van der Waals surface area contributed by atoms with Crippen molar-refractivity contribution < 1.29 is 13.2 Å².